The van der Waals surface area contributed by atoms with Crippen molar-refractivity contribution in [2.24, 2.45) is 0 Å². The van der Waals surface area contributed by atoms with E-state index in [4.69, 9.17) is 5.11 Å². The molecule has 1 amide bonds. The number of carbonyl (C=O) groups is 2. The van der Waals surface area contributed by atoms with Crippen LogP contribution < -0.4 is 5.32 Å². The summed E-state index contributed by atoms with van der Waals surface area (Å²) in [6.07, 6.45) is 0.443. The molecule has 0 aliphatic rings. The fraction of sp³-hybridized carbons (Fsp3) is 0.278. The van der Waals surface area contributed by atoms with Crippen LogP contribution in [0.2, 0.25) is 0 Å². The fourth-order valence-corrected chi connectivity index (χ4v) is 3.70. The van der Waals surface area contributed by atoms with Crippen LogP contribution in [0.25, 0.3) is 15.9 Å². The quantitative estimate of drug-likeness (QED) is 0.708. The third kappa shape index (κ3) is 3.71. The molecule has 0 bridgehead atoms. The molecule has 0 saturated carbocycles. The summed E-state index contributed by atoms with van der Waals surface area (Å²) in [6.45, 7) is 3.73. The highest BCUT2D eigenvalue weighted by Gasteiger charge is 2.18. The zero-order valence-electron chi connectivity index (χ0n) is 14.0. The zero-order valence-corrected chi connectivity index (χ0v) is 14.8. The molecule has 0 spiro atoms. The van der Waals surface area contributed by atoms with E-state index in [2.05, 4.69) is 10.4 Å². The van der Waals surface area contributed by atoms with Crippen molar-refractivity contribution in [1.29, 1.82) is 0 Å². The number of hydrogen-bond acceptors (Lipinski definition) is 4. The number of carboxylic acid groups (broad SMARTS) is 1. The smallest absolute Gasteiger partial charge is 0.303 e. The van der Waals surface area contributed by atoms with Gasteiger partial charge >= 0.3 is 5.97 Å². The number of carboxylic acids is 1. The van der Waals surface area contributed by atoms with Crippen molar-refractivity contribution >= 4 is 33.4 Å². The summed E-state index contributed by atoms with van der Waals surface area (Å²) < 4.78 is 1.85. The second-order valence-electron chi connectivity index (χ2n) is 5.97. The van der Waals surface area contributed by atoms with Crippen molar-refractivity contribution in [1.82, 2.24) is 15.1 Å². The third-order valence-electron chi connectivity index (χ3n) is 3.94. The molecule has 6 nitrogen and oxygen atoms in total. The standard InChI is InChI=1S/C18H19N3O3S/c1-11(8-9-16(22)23)19-17(24)15-10-14-12(2)20-21(18(14)25-15)13-6-4-3-5-7-13/h3-7,10-11H,8-9H2,1-2H3,(H,19,24)(H,22,23). The lowest BCUT2D eigenvalue weighted by Crippen LogP contribution is -2.32. The van der Waals surface area contributed by atoms with Gasteiger partial charge in [-0.15, -0.1) is 11.3 Å². The number of thiophene rings is 1. The molecule has 1 unspecified atom stereocenters. The molecule has 1 aromatic carbocycles. The first-order valence-electron chi connectivity index (χ1n) is 8.03. The van der Waals surface area contributed by atoms with E-state index in [1.165, 1.54) is 11.3 Å². The lowest BCUT2D eigenvalue weighted by molar-refractivity contribution is -0.137. The molecule has 130 valence electrons. The van der Waals surface area contributed by atoms with Crippen molar-refractivity contribution in [3.8, 4) is 5.69 Å². The van der Waals surface area contributed by atoms with Gasteiger partial charge in [0, 0.05) is 17.8 Å². The van der Waals surface area contributed by atoms with E-state index in [0.717, 1.165) is 21.6 Å². The molecule has 0 fully saturated rings. The average molecular weight is 357 g/mol. The molecule has 3 aromatic rings. The number of aromatic nitrogens is 2. The molecule has 1 atom stereocenters. The molecule has 0 saturated heterocycles. The molecule has 0 aliphatic heterocycles. The van der Waals surface area contributed by atoms with Crippen LogP contribution in [0.3, 0.4) is 0 Å². The maximum absolute atomic E-state index is 12.4. The van der Waals surface area contributed by atoms with Crippen molar-refractivity contribution < 1.29 is 14.7 Å². The molecule has 2 aromatic heterocycles. The normalized spacial score (nSPS) is 12.2. The first kappa shape index (κ1) is 17.2. The monoisotopic (exact) mass is 357 g/mol. The van der Waals surface area contributed by atoms with E-state index < -0.39 is 5.97 Å². The lowest BCUT2D eigenvalue weighted by atomic mass is 10.2. The third-order valence-corrected chi connectivity index (χ3v) is 5.05. The van der Waals surface area contributed by atoms with Crippen LogP contribution in [0.1, 0.15) is 35.1 Å². The highest BCUT2D eigenvalue weighted by Crippen LogP contribution is 2.30. The second-order valence-corrected chi connectivity index (χ2v) is 7.00. The molecule has 3 rings (SSSR count). The zero-order chi connectivity index (χ0) is 18.0. The molecule has 0 aliphatic carbocycles. The number of aryl methyl sites for hydroxylation is 1. The summed E-state index contributed by atoms with van der Waals surface area (Å²) in [5.41, 5.74) is 1.82. The minimum Gasteiger partial charge on any atom is -0.481 e. The van der Waals surface area contributed by atoms with Crippen molar-refractivity contribution in [2.45, 2.75) is 32.7 Å². The molecule has 2 heterocycles. The van der Waals surface area contributed by atoms with Gasteiger partial charge in [0.1, 0.15) is 4.83 Å². The number of benzene rings is 1. The van der Waals surface area contributed by atoms with Gasteiger partial charge in [-0.3, -0.25) is 9.59 Å². The minimum absolute atomic E-state index is 0.0376. The van der Waals surface area contributed by atoms with Crippen molar-refractivity contribution in [3.63, 3.8) is 0 Å². The summed E-state index contributed by atoms with van der Waals surface area (Å²) in [5.74, 6) is -1.04. The van der Waals surface area contributed by atoms with Gasteiger partial charge in [0.05, 0.1) is 16.3 Å². The van der Waals surface area contributed by atoms with E-state index in [1.54, 1.807) is 0 Å². The Labute approximate surface area is 149 Å². The Bertz CT molecular complexity index is 914. The lowest BCUT2D eigenvalue weighted by Gasteiger charge is -2.11. The largest absolute Gasteiger partial charge is 0.481 e. The van der Waals surface area contributed by atoms with Gasteiger partial charge in [0.2, 0.25) is 0 Å². The summed E-state index contributed by atoms with van der Waals surface area (Å²) >= 11 is 1.39. The minimum atomic E-state index is -0.860. The molecule has 7 heteroatoms. The van der Waals surface area contributed by atoms with E-state index in [-0.39, 0.29) is 18.4 Å². The number of carbonyl (C=O) groups excluding carboxylic acids is 1. The second kappa shape index (κ2) is 7.06. The van der Waals surface area contributed by atoms with Gasteiger partial charge in [0.15, 0.2) is 0 Å². The van der Waals surface area contributed by atoms with E-state index in [1.807, 2.05) is 54.9 Å². The predicted octanol–water partition coefficient (Wildman–Crippen LogP) is 3.38. The van der Waals surface area contributed by atoms with E-state index in [9.17, 15) is 9.59 Å². The number of nitrogens with zero attached hydrogens (tertiary/aromatic N) is 2. The number of fused-ring (bicyclic) bond motifs is 1. The van der Waals surface area contributed by atoms with Crippen LogP contribution in [0, 0.1) is 6.92 Å². The Kier molecular flexibility index (Phi) is 4.85. The number of hydrogen-bond donors (Lipinski definition) is 2. The van der Waals surface area contributed by atoms with Crippen molar-refractivity contribution in [2.75, 3.05) is 0 Å². The number of rotatable bonds is 6. The molecule has 25 heavy (non-hydrogen) atoms. The van der Waals surface area contributed by atoms with Gasteiger partial charge in [-0.1, -0.05) is 18.2 Å². The molecular formula is C18H19N3O3S. The van der Waals surface area contributed by atoms with Crippen molar-refractivity contribution in [3.05, 3.63) is 47.0 Å². The summed E-state index contributed by atoms with van der Waals surface area (Å²) in [7, 11) is 0. The van der Waals surface area contributed by atoms with Gasteiger partial charge < -0.3 is 10.4 Å². The van der Waals surface area contributed by atoms with Gasteiger partial charge in [0.25, 0.3) is 5.91 Å². The Hall–Kier alpha value is -2.67. The van der Waals surface area contributed by atoms with Crippen LogP contribution in [0.5, 0.6) is 0 Å². The molecule has 0 radical (unpaired) electrons. The van der Waals surface area contributed by atoms with E-state index in [0.29, 0.717) is 11.3 Å². The Morgan fingerprint density at radius 1 is 1.32 bits per heavy atom. The number of para-hydroxylation sites is 1. The predicted molar refractivity (Wildman–Crippen MR) is 97.5 cm³/mol. The SMILES string of the molecule is Cc1nn(-c2ccccc2)c2sc(C(=O)NC(C)CCC(=O)O)cc12. The van der Waals surface area contributed by atoms with Crippen LogP contribution in [-0.4, -0.2) is 32.8 Å². The summed E-state index contributed by atoms with van der Waals surface area (Å²) in [6, 6.07) is 11.4. The molecule has 2 N–H and O–H groups in total. The van der Waals surface area contributed by atoms with E-state index >= 15 is 0 Å². The first-order chi connectivity index (χ1) is 12.0. The number of aliphatic carboxylic acids is 1. The topological polar surface area (TPSA) is 84.2 Å². The maximum atomic E-state index is 12.4. The molecular weight excluding hydrogens is 338 g/mol. The summed E-state index contributed by atoms with van der Waals surface area (Å²) in [5, 5.41) is 17.1. The highest BCUT2D eigenvalue weighted by molar-refractivity contribution is 7.20. The van der Waals surface area contributed by atoms with Crippen LogP contribution in [0.15, 0.2) is 36.4 Å². The first-order valence-corrected chi connectivity index (χ1v) is 8.84. The summed E-state index contributed by atoms with van der Waals surface area (Å²) in [4.78, 5) is 24.6. The van der Waals surface area contributed by atoms with Crippen LogP contribution in [0.4, 0.5) is 0 Å². The Morgan fingerprint density at radius 2 is 2.04 bits per heavy atom. The average Bonchev–Trinajstić information content (AvgIpc) is 3.15. The highest BCUT2D eigenvalue weighted by atomic mass is 32.1. The fourth-order valence-electron chi connectivity index (χ4n) is 2.61. The van der Waals surface area contributed by atoms with Crippen LogP contribution >= 0.6 is 11.3 Å². The number of amides is 1. The van der Waals surface area contributed by atoms with Gasteiger partial charge in [-0.2, -0.15) is 5.10 Å². The maximum Gasteiger partial charge on any atom is 0.303 e. The number of nitrogens with one attached hydrogen (secondary N) is 1. The Morgan fingerprint density at radius 3 is 2.72 bits per heavy atom. The van der Waals surface area contributed by atoms with Crippen LogP contribution in [-0.2, 0) is 4.79 Å². The van der Waals surface area contributed by atoms with Gasteiger partial charge in [-0.05, 0) is 38.5 Å². The Balaban J connectivity index is 1.84. The van der Waals surface area contributed by atoms with Gasteiger partial charge in [-0.25, -0.2) is 4.68 Å².